The Labute approximate surface area is 116 Å². The fourth-order valence-corrected chi connectivity index (χ4v) is 1.86. The minimum absolute atomic E-state index is 0.0435. The van der Waals surface area contributed by atoms with Gasteiger partial charge in [-0.2, -0.15) is 0 Å². The first-order valence-corrected chi connectivity index (χ1v) is 6.38. The minimum Gasteiger partial charge on any atom is -0.489 e. The van der Waals surface area contributed by atoms with Crippen molar-refractivity contribution >= 4 is 0 Å². The van der Waals surface area contributed by atoms with Crippen LogP contribution in [-0.2, 0) is 13.0 Å². The molecule has 0 saturated carbocycles. The molecule has 106 valence electrons. The molecule has 2 aromatic carbocycles. The molecule has 2 aromatic rings. The largest absolute Gasteiger partial charge is 0.489 e. The number of hydrogen-bond donors (Lipinski definition) is 1. The summed E-state index contributed by atoms with van der Waals surface area (Å²) in [5.74, 6) is -0.618. The van der Waals surface area contributed by atoms with E-state index in [0.29, 0.717) is 17.7 Å². The number of ether oxygens (including phenoxy) is 1. The van der Waals surface area contributed by atoms with E-state index in [9.17, 15) is 13.9 Å². The van der Waals surface area contributed by atoms with Gasteiger partial charge >= 0.3 is 0 Å². The van der Waals surface area contributed by atoms with Crippen molar-refractivity contribution in [1.82, 2.24) is 0 Å². The molecular formula is C16H16F2O2. The number of rotatable bonds is 5. The van der Waals surface area contributed by atoms with Gasteiger partial charge in [0.05, 0.1) is 6.10 Å². The average molecular weight is 278 g/mol. The third-order valence-corrected chi connectivity index (χ3v) is 2.86. The molecule has 4 heteroatoms. The van der Waals surface area contributed by atoms with Gasteiger partial charge < -0.3 is 9.84 Å². The van der Waals surface area contributed by atoms with Gasteiger partial charge in [-0.15, -0.1) is 0 Å². The highest BCUT2D eigenvalue weighted by molar-refractivity contribution is 5.28. The van der Waals surface area contributed by atoms with Gasteiger partial charge in [0.1, 0.15) is 24.0 Å². The van der Waals surface area contributed by atoms with Crippen LogP contribution < -0.4 is 4.74 Å². The lowest BCUT2D eigenvalue weighted by molar-refractivity contribution is 0.195. The highest BCUT2D eigenvalue weighted by Gasteiger charge is 2.05. The molecule has 1 unspecified atom stereocenters. The monoisotopic (exact) mass is 278 g/mol. The van der Waals surface area contributed by atoms with Gasteiger partial charge in [0.25, 0.3) is 0 Å². The smallest absolute Gasteiger partial charge is 0.132 e. The Balaban J connectivity index is 1.96. The third kappa shape index (κ3) is 4.03. The summed E-state index contributed by atoms with van der Waals surface area (Å²) in [6.45, 7) is 1.77. The van der Waals surface area contributed by atoms with E-state index in [4.69, 9.17) is 4.74 Å². The van der Waals surface area contributed by atoms with Crippen LogP contribution in [0.3, 0.4) is 0 Å². The highest BCUT2D eigenvalue weighted by atomic mass is 19.1. The molecule has 1 N–H and O–H groups in total. The number of hydrogen-bond acceptors (Lipinski definition) is 2. The predicted octanol–water partition coefficient (Wildman–Crippen LogP) is 3.47. The van der Waals surface area contributed by atoms with Crippen LogP contribution in [0.2, 0.25) is 0 Å². The van der Waals surface area contributed by atoms with E-state index in [1.165, 1.54) is 12.1 Å². The van der Waals surface area contributed by atoms with Gasteiger partial charge in [-0.05, 0) is 43.2 Å². The lowest BCUT2D eigenvalue weighted by atomic mass is 10.1. The van der Waals surface area contributed by atoms with Gasteiger partial charge in [-0.3, -0.25) is 0 Å². The Kier molecular flexibility index (Phi) is 4.69. The maximum Gasteiger partial charge on any atom is 0.132 e. The Bertz CT molecular complexity index is 565. The van der Waals surface area contributed by atoms with Gasteiger partial charge in [0.2, 0.25) is 0 Å². The van der Waals surface area contributed by atoms with Crippen molar-refractivity contribution < 1.29 is 18.6 Å². The van der Waals surface area contributed by atoms with Crippen molar-refractivity contribution in [1.29, 1.82) is 0 Å². The summed E-state index contributed by atoms with van der Waals surface area (Å²) in [5.41, 5.74) is 1.31. The summed E-state index contributed by atoms with van der Waals surface area (Å²) >= 11 is 0. The van der Waals surface area contributed by atoms with Crippen molar-refractivity contribution in [3.63, 3.8) is 0 Å². The molecule has 0 aliphatic rings. The number of benzene rings is 2. The molecule has 0 aliphatic heterocycles. The SMILES string of the molecule is CC(O)Cc1ccc(OCc2ccc(F)cc2F)cc1. The Morgan fingerprint density at radius 3 is 2.40 bits per heavy atom. The first kappa shape index (κ1) is 14.5. The van der Waals surface area contributed by atoms with Crippen LogP contribution in [0.5, 0.6) is 5.75 Å². The van der Waals surface area contributed by atoms with Crippen molar-refractivity contribution in [3.8, 4) is 5.75 Å². The number of aliphatic hydroxyl groups is 1. The van der Waals surface area contributed by atoms with Crippen LogP contribution in [0.1, 0.15) is 18.1 Å². The summed E-state index contributed by atoms with van der Waals surface area (Å²) in [4.78, 5) is 0. The molecule has 0 aromatic heterocycles. The number of aliphatic hydroxyl groups excluding tert-OH is 1. The second-order valence-electron chi connectivity index (χ2n) is 4.72. The standard InChI is InChI=1S/C16H16F2O2/c1-11(19)8-12-2-6-15(7-3-12)20-10-13-4-5-14(17)9-16(13)18/h2-7,9,11,19H,8,10H2,1H3. The van der Waals surface area contributed by atoms with Crippen LogP contribution in [0.25, 0.3) is 0 Å². The molecule has 0 heterocycles. The Morgan fingerprint density at radius 2 is 1.80 bits per heavy atom. The van der Waals surface area contributed by atoms with Crippen LogP contribution in [0.4, 0.5) is 8.78 Å². The van der Waals surface area contributed by atoms with E-state index >= 15 is 0 Å². The molecule has 0 spiro atoms. The third-order valence-electron chi connectivity index (χ3n) is 2.86. The number of halogens is 2. The summed E-state index contributed by atoms with van der Waals surface area (Å²) < 4.78 is 31.6. The quantitative estimate of drug-likeness (QED) is 0.907. The first-order valence-electron chi connectivity index (χ1n) is 6.38. The molecule has 20 heavy (non-hydrogen) atoms. The maximum absolute atomic E-state index is 13.4. The van der Waals surface area contributed by atoms with Crippen LogP contribution in [-0.4, -0.2) is 11.2 Å². The van der Waals surface area contributed by atoms with Crippen LogP contribution in [0.15, 0.2) is 42.5 Å². The summed E-state index contributed by atoms with van der Waals surface area (Å²) in [6, 6.07) is 10.6. The second-order valence-corrected chi connectivity index (χ2v) is 4.72. The fourth-order valence-electron chi connectivity index (χ4n) is 1.86. The Hall–Kier alpha value is -1.94. The summed E-state index contributed by atoms with van der Waals surface area (Å²) in [6.07, 6.45) is 0.183. The molecule has 0 fully saturated rings. The van der Waals surface area contributed by atoms with Crippen molar-refractivity contribution in [2.45, 2.75) is 26.1 Å². The summed E-state index contributed by atoms with van der Waals surface area (Å²) in [7, 11) is 0. The van der Waals surface area contributed by atoms with E-state index in [1.54, 1.807) is 19.1 Å². The van der Waals surface area contributed by atoms with E-state index < -0.39 is 17.7 Å². The highest BCUT2D eigenvalue weighted by Crippen LogP contribution is 2.17. The molecule has 1 atom stereocenters. The summed E-state index contributed by atoms with van der Waals surface area (Å²) in [5, 5.41) is 9.28. The molecule has 0 bridgehead atoms. The second kappa shape index (κ2) is 6.48. The van der Waals surface area contributed by atoms with Crippen molar-refractivity contribution in [2.75, 3.05) is 0 Å². The average Bonchev–Trinajstić information content (AvgIpc) is 2.39. The van der Waals surface area contributed by atoms with Crippen molar-refractivity contribution in [3.05, 3.63) is 65.2 Å². The van der Waals surface area contributed by atoms with E-state index in [2.05, 4.69) is 0 Å². The Morgan fingerprint density at radius 1 is 1.10 bits per heavy atom. The molecule has 2 rings (SSSR count). The molecule has 0 amide bonds. The zero-order chi connectivity index (χ0) is 14.5. The molecule has 2 nitrogen and oxygen atoms in total. The fraction of sp³-hybridized carbons (Fsp3) is 0.250. The van der Waals surface area contributed by atoms with Crippen molar-refractivity contribution in [2.24, 2.45) is 0 Å². The van der Waals surface area contributed by atoms with Crippen LogP contribution >= 0.6 is 0 Å². The zero-order valence-corrected chi connectivity index (χ0v) is 11.1. The lowest BCUT2D eigenvalue weighted by Crippen LogP contribution is -2.04. The normalized spacial score (nSPS) is 12.2. The predicted molar refractivity (Wildman–Crippen MR) is 72.5 cm³/mol. The van der Waals surface area contributed by atoms with E-state index in [1.807, 2.05) is 12.1 Å². The molecular weight excluding hydrogens is 262 g/mol. The topological polar surface area (TPSA) is 29.5 Å². The molecule has 0 aliphatic carbocycles. The van der Waals surface area contributed by atoms with Gasteiger partial charge in [0.15, 0.2) is 0 Å². The van der Waals surface area contributed by atoms with Gasteiger partial charge in [0, 0.05) is 11.6 Å². The molecule has 0 radical (unpaired) electrons. The maximum atomic E-state index is 13.4. The van der Waals surface area contributed by atoms with Gasteiger partial charge in [-0.25, -0.2) is 8.78 Å². The zero-order valence-electron chi connectivity index (χ0n) is 11.1. The van der Waals surface area contributed by atoms with E-state index in [-0.39, 0.29) is 6.61 Å². The first-order chi connectivity index (χ1) is 9.54. The van der Waals surface area contributed by atoms with E-state index in [0.717, 1.165) is 11.6 Å². The van der Waals surface area contributed by atoms with Gasteiger partial charge in [-0.1, -0.05) is 12.1 Å². The minimum atomic E-state index is -0.615. The lowest BCUT2D eigenvalue weighted by Gasteiger charge is -2.09. The molecule has 0 saturated heterocycles. The van der Waals surface area contributed by atoms with Crippen LogP contribution in [0, 0.1) is 11.6 Å².